The van der Waals surface area contributed by atoms with Crippen molar-refractivity contribution in [3.63, 3.8) is 0 Å². The van der Waals surface area contributed by atoms with E-state index in [1.807, 2.05) is 4.90 Å². The van der Waals surface area contributed by atoms with Crippen LogP contribution in [-0.4, -0.2) is 43.3 Å². The molecule has 0 aromatic rings. The molecule has 13 heavy (non-hydrogen) atoms. The summed E-state index contributed by atoms with van der Waals surface area (Å²) in [4.78, 5) is 13.2. The van der Waals surface area contributed by atoms with Gasteiger partial charge in [-0.1, -0.05) is 0 Å². The number of likely N-dealkylation sites (tertiary alicyclic amines) is 1. The summed E-state index contributed by atoms with van der Waals surface area (Å²) in [7, 11) is 1.44. The molecule has 2 aliphatic heterocycles. The molecule has 0 aliphatic carbocycles. The van der Waals surface area contributed by atoms with Crippen LogP contribution < -0.4 is 5.32 Å². The quantitative estimate of drug-likeness (QED) is 0.593. The van der Waals surface area contributed by atoms with Crippen molar-refractivity contribution in [2.45, 2.75) is 25.4 Å². The Kier molecular flexibility index (Phi) is 2.15. The molecule has 1 amide bonds. The van der Waals surface area contributed by atoms with Crippen LogP contribution in [0.5, 0.6) is 0 Å². The van der Waals surface area contributed by atoms with Gasteiger partial charge >= 0.3 is 6.09 Å². The van der Waals surface area contributed by atoms with Crippen molar-refractivity contribution < 1.29 is 9.53 Å². The van der Waals surface area contributed by atoms with E-state index < -0.39 is 0 Å². The number of hydrogen-bond acceptors (Lipinski definition) is 3. The van der Waals surface area contributed by atoms with E-state index >= 15 is 0 Å². The standard InChI is InChI=1S/C9H16N2O2/c1-6-8-7(3-4-10-8)5-11(6)9(12)13-2/h6-8,10H,3-5H2,1-2H3. The third-order valence-corrected chi connectivity index (χ3v) is 3.25. The van der Waals surface area contributed by atoms with Crippen molar-refractivity contribution >= 4 is 6.09 Å². The number of carbonyl (C=O) groups is 1. The molecule has 2 saturated heterocycles. The third-order valence-electron chi connectivity index (χ3n) is 3.25. The van der Waals surface area contributed by atoms with Crippen molar-refractivity contribution in [2.24, 2.45) is 5.92 Å². The highest BCUT2D eigenvalue weighted by Gasteiger charge is 2.43. The molecule has 3 unspecified atom stereocenters. The van der Waals surface area contributed by atoms with Crippen molar-refractivity contribution in [3.05, 3.63) is 0 Å². The van der Waals surface area contributed by atoms with E-state index in [-0.39, 0.29) is 12.1 Å². The molecule has 4 heteroatoms. The molecule has 0 spiro atoms. The Morgan fingerprint density at radius 2 is 2.38 bits per heavy atom. The van der Waals surface area contributed by atoms with Crippen LogP contribution >= 0.6 is 0 Å². The first-order valence-corrected chi connectivity index (χ1v) is 4.82. The molecule has 0 saturated carbocycles. The van der Waals surface area contributed by atoms with E-state index in [9.17, 15) is 4.79 Å². The van der Waals surface area contributed by atoms with E-state index in [0.717, 1.165) is 13.1 Å². The third kappa shape index (κ3) is 1.29. The Bertz CT molecular complexity index is 220. The van der Waals surface area contributed by atoms with Crippen LogP contribution in [0.1, 0.15) is 13.3 Å². The van der Waals surface area contributed by atoms with Crippen molar-refractivity contribution in [1.29, 1.82) is 0 Å². The number of amides is 1. The summed E-state index contributed by atoms with van der Waals surface area (Å²) < 4.78 is 4.73. The Morgan fingerprint density at radius 3 is 3.00 bits per heavy atom. The number of nitrogens with zero attached hydrogens (tertiary/aromatic N) is 1. The lowest BCUT2D eigenvalue weighted by atomic mass is 10.0. The lowest BCUT2D eigenvalue weighted by molar-refractivity contribution is 0.118. The summed E-state index contributed by atoms with van der Waals surface area (Å²) in [6.45, 7) is 4.03. The maximum absolute atomic E-state index is 11.3. The smallest absolute Gasteiger partial charge is 0.409 e. The second-order valence-electron chi connectivity index (χ2n) is 3.89. The van der Waals surface area contributed by atoms with Gasteiger partial charge in [0.2, 0.25) is 0 Å². The second kappa shape index (κ2) is 3.18. The predicted molar refractivity (Wildman–Crippen MR) is 48.5 cm³/mol. The zero-order valence-corrected chi connectivity index (χ0v) is 8.12. The van der Waals surface area contributed by atoms with Gasteiger partial charge in [0, 0.05) is 18.6 Å². The molecule has 2 aliphatic rings. The van der Waals surface area contributed by atoms with Crippen LogP contribution in [0.4, 0.5) is 4.79 Å². The molecule has 2 heterocycles. The van der Waals surface area contributed by atoms with Crippen LogP contribution in [0.15, 0.2) is 0 Å². The first-order chi connectivity index (χ1) is 6.24. The zero-order chi connectivity index (χ0) is 9.42. The fraction of sp³-hybridized carbons (Fsp3) is 0.889. The molecule has 0 bridgehead atoms. The summed E-state index contributed by atoms with van der Waals surface area (Å²) in [5, 5.41) is 3.43. The first kappa shape index (κ1) is 8.81. The molecule has 2 rings (SSSR count). The summed E-state index contributed by atoms with van der Waals surface area (Å²) in [5.41, 5.74) is 0. The van der Waals surface area contributed by atoms with Gasteiger partial charge in [-0.3, -0.25) is 0 Å². The molecule has 2 fully saturated rings. The van der Waals surface area contributed by atoms with Gasteiger partial charge in [-0.05, 0) is 25.8 Å². The number of nitrogens with one attached hydrogen (secondary N) is 1. The Hall–Kier alpha value is -0.770. The minimum atomic E-state index is -0.191. The number of methoxy groups -OCH3 is 1. The summed E-state index contributed by atoms with van der Waals surface area (Å²) in [6.07, 6.45) is 0.992. The van der Waals surface area contributed by atoms with E-state index in [4.69, 9.17) is 4.74 Å². The first-order valence-electron chi connectivity index (χ1n) is 4.82. The topological polar surface area (TPSA) is 41.6 Å². The van der Waals surface area contributed by atoms with Crippen molar-refractivity contribution in [1.82, 2.24) is 10.2 Å². The van der Waals surface area contributed by atoms with Crippen LogP contribution in [-0.2, 0) is 4.74 Å². The number of carbonyl (C=O) groups excluding carboxylic acids is 1. The van der Waals surface area contributed by atoms with Crippen LogP contribution in [0, 0.1) is 5.92 Å². The molecule has 4 nitrogen and oxygen atoms in total. The van der Waals surface area contributed by atoms with Gasteiger partial charge in [-0.2, -0.15) is 0 Å². The van der Waals surface area contributed by atoms with Gasteiger partial charge in [0.05, 0.1) is 7.11 Å². The van der Waals surface area contributed by atoms with E-state index in [2.05, 4.69) is 12.2 Å². The molecule has 0 aromatic carbocycles. The zero-order valence-electron chi connectivity index (χ0n) is 8.12. The molecule has 0 radical (unpaired) electrons. The van der Waals surface area contributed by atoms with Gasteiger partial charge in [0.1, 0.15) is 0 Å². The molecular formula is C9H16N2O2. The van der Waals surface area contributed by atoms with Crippen LogP contribution in [0.3, 0.4) is 0 Å². The number of ether oxygens (including phenoxy) is 1. The average Bonchev–Trinajstić information content (AvgIpc) is 2.68. The molecule has 3 atom stereocenters. The van der Waals surface area contributed by atoms with E-state index in [1.54, 1.807) is 0 Å². The fourth-order valence-corrected chi connectivity index (χ4v) is 2.52. The lowest BCUT2D eigenvalue weighted by Gasteiger charge is -2.22. The largest absolute Gasteiger partial charge is 0.453 e. The van der Waals surface area contributed by atoms with Gasteiger partial charge in [0.25, 0.3) is 0 Å². The number of fused-ring (bicyclic) bond motifs is 1. The highest BCUT2D eigenvalue weighted by Crippen LogP contribution is 2.29. The predicted octanol–water partition coefficient (Wildman–Crippen LogP) is 0.435. The highest BCUT2D eigenvalue weighted by molar-refractivity contribution is 5.68. The lowest BCUT2D eigenvalue weighted by Crippen LogP contribution is -2.41. The molecule has 74 valence electrons. The van der Waals surface area contributed by atoms with Gasteiger partial charge in [-0.25, -0.2) is 4.79 Å². The van der Waals surface area contributed by atoms with Gasteiger partial charge in [0.15, 0.2) is 0 Å². The minimum absolute atomic E-state index is 0.191. The van der Waals surface area contributed by atoms with Gasteiger partial charge < -0.3 is 15.0 Å². The Morgan fingerprint density at radius 1 is 1.62 bits per heavy atom. The van der Waals surface area contributed by atoms with Crippen molar-refractivity contribution in [3.8, 4) is 0 Å². The maximum Gasteiger partial charge on any atom is 0.409 e. The highest BCUT2D eigenvalue weighted by atomic mass is 16.5. The average molecular weight is 184 g/mol. The van der Waals surface area contributed by atoms with Crippen LogP contribution in [0.25, 0.3) is 0 Å². The molecular weight excluding hydrogens is 168 g/mol. The van der Waals surface area contributed by atoms with E-state index in [1.165, 1.54) is 13.5 Å². The summed E-state index contributed by atoms with van der Waals surface area (Å²) >= 11 is 0. The maximum atomic E-state index is 11.3. The SMILES string of the molecule is COC(=O)N1CC2CCNC2C1C. The second-order valence-corrected chi connectivity index (χ2v) is 3.89. The Balaban J connectivity index is 2.06. The molecule has 0 aromatic heterocycles. The summed E-state index contributed by atoms with van der Waals surface area (Å²) in [6, 6.07) is 0.763. The summed E-state index contributed by atoms with van der Waals surface area (Å²) in [5.74, 6) is 0.633. The van der Waals surface area contributed by atoms with Crippen molar-refractivity contribution in [2.75, 3.05) is 20.2 Å². The molecule has 1 N–H and O–H groups in total. The number of rotatable bonds is 0. The Labute approximate surface area is 78.2 Å². The van der Waals surface area contributed by atoms with Gasteiger partial charge in [-0.15, -0.1) is 0 Å². The normalized spacial score (nSPS) is 37.7. The van der Waals surface area contributed by atoms with Crippen LogP contribution in [0.2, 0.25) is 0 Å². The monoisotopic (exact) mass is 184 g/mol. The number of hydrogen-bond donors (Lipinski definition) is 1. The van der Waals surface area contributed by atoms with E-state index in [0.29, 0.717) is 12.0 Å². The minimum Gasteiger partial charge on any atom is -0.453 e. The fourth-order valence-electron chi connectivity index (χ4n) is 2.52.